The van der Waals surface area contributed by atoms with Crippen molar-refractivity contribution in [1.29, 1.82) is 0 Å². The van der Waals surface area contributed by atoms with E-state index in [2.05, 4.69) is 38.1 Å². The molecule has 1 aromatic carbocycles. The smallest absolute Gasteiger partial charge is 0.0422 e. The Morgan fingerprint density at radius 3 is 2.44 bits per heavy atom. The van der Waals surface area contributed by atoms with Crippen molar-refractivity contribution in [2.45, 2.75) is 51.5 Å². The van der Waals surface area contributed by atoms with Crippen molar-refractivity contribution in [2.75, 3.05) is 6.54 Å². The molecule has 0 heterocycles. The molecule has 1 unspecified atom stereocenters. The van der Waals surface area contributed by atoms with Gasteiger partial charge < -0.3 is 11.5 Å². The van der Waals surface area contributed by atoms with Crippen molar-refractivity contribution in [3.63, 3.8) is 0 Å². The van der Waals surface area contributed by atoms with Crippen LogP contribution in [-0.4, -0.2) is 6.54 Å². The number of benzene rings is 1. The second-order valence-corrected chi connectivity index (χ2v) is 6.41. The summed E-state index contributed by atoms with van der Waals surface area (Å²) in [6, 6.07) is 8.57. The van der Waals surface area contributed by atoms with Crippen LogP contribution >= 0.6 is 0 Å². The molecule has 2 heteroatoms. The van der Waals surface area contributed by atoms with Crippen LogP contribution in [0.25, 0.3) is 0 Å². The van der Waals surface area contributed by atoms with Crippen molar-refractivity contribution >= 4 is 0 Å². The van der Waals surface area contributed by atoms with E-state index < -0.39 is 0 Å². The fraction of sp³-hybridized carbons (Fsp3) is 0.625. The maximum Gasteiger partial charge on any atom is 0.0422 e. The van der Waals surface area contributed by atoms with Gasteiger partial charge in [0.25, 0.3) is 0 Å². The van der Waals surface area contributed by atoms with Crippen LogP contribution in [0.1, 0.15) is 62.6 Å². The fourth-order valence-electron chi connectivity index (χ4n) is 3.06. The summed E-state index contributed by atoms with van der Waals surface area (Å²) < 4.78 is 0. The Kier molecular flexibility index (Phi) is 4.08. The van der Waals surface area contributed by atoms with Gasteiger partial charge in [-0.15, -0.1) is 0 Å². The molecule has 0 saturated heterocycles. The maximum atomic E-state index is 6.13. The van der Waals surface area contributed by atoms with Crippen LogP contribution in [0, 0.1) is 5.41 Å². The summed E-state index contributed by atoms with van der Waals surface area (Å²) in [5, 5.41) is 0. The average molecular weight is 246 g/mol. The lowest BCUT2D eigenvalue weighted by Gasteiger charge is -2.35. The van der Waals surface area contributed by atoms with E-state index in [0.29, 0.717) is 17.9 Å². The largest absolute Gasteiger partial charge is 0.329 e. The molecule has 100 valence electrons. The highest BCUT2D eigenvalue weighted by atomic mass is 14.7. The summed E-state index contributed by atoms with van der Waals surface area (Å²) in [4.78, 5) is 0. The fourth-order valence-corrected chi connectivity index (χ4v) is 3.06. The van der Waals surface area contributed by atoms with Crippen molar-refractivity contribution in [3.05, 3.63) is 35.4 Å². The van der Waals surface area contributed by atoms with Crippen LogP contribution in [-0.2, 0) is 0 Å². The third-order valence-electron chi connectivity index (χ3n) is 4.43. The van der Waals surface area contributed by atoms with E-state index in [1.807, 2.05) is 0 Å². The van der Waals surface area contributed by atoms with E-state index in [1.165, 1.54) is 36.8 Å². The van der Waals surface area contributed by atoms with Crippen LogP contribution < -0.4 is 11.5 Å². The third-order valence-corrected chi connectivity index (χ3v) is 4.43. The van der Waals surface area contributed by atoms with E-state index in [1.54, 1.807) is 0 Å². The van der Waals surface area contributed by atoms with E-state index >= 15 is 0 Å². The normalized spacial score (nSPS) is 21.8. The first-order valence-electron chi connectivity index (χ1n) is 7.08. The van der Waals surface area contributed by atoms with Crippen molar-refractivity contribution in [3.8, 4) is 0 Å². The van der Waals surface area contributed by atoms with Gasteiger partial charge in [-0.1, -0.05) is 38.1 Å². The Bertz CT molecular complexity index is 388. The number of nitrogens with two attached hydrogens (primary N) is 2. The minimum Gasteiger partial charge on any atom is -0.329 e. The predicted molar refractivity (Wildman–Crippen MR) is 77.4 cm³/mol. The van der Waals surface area contributed by atoms with Gasteiger partial charge in [-0.05, 0) is 48.1 Å². The topological polar surface area (TPSA) is 52.0 Å². The highest BCUT2D eigenvalue weighted by Crippen LogP contribution is 2.43. The highest BCUT2D eigenvalue weighted by Gasteiger charge is 2.28. The molecule has 0 aromatic heterocycles. The van der Waals surface area contributed by atoms with Gasteiger partial charge in [-0.25, -0.2) is 0 Å². The zero-order valence-electron chi connectivity index (χ0n) is 11.7. The van der Waals surface area contributed by atoms with Crippen molar-refractivity contribution in [1.82, 2.24) is 0 Å². The van der Waals surface area contributed by atoms with E-state index in [-0.39, 0.29) is 6.04 Å². The summed E-state index contributed by atoms with van der Waals surface area (Å²) in [6.45, 7) is 5.27. The molecule has 0 amide bonds. The molecule has 1 fully saturated rings. The summed E-state index contributed by atoms with van der Waals surface area (Å²) >= 11 is 0. The van der Waals surface area contributed by atoms with Crippen LogP contribution in [0.3, 0.4) is 0 Å². The highest BCUT2D eigenvalue weighted by molar-refractivity contribution is 5.33. The average Bonchev–Trinajstić information content (AvgIpc) is 2.38. The first-order chi connectivity index (χ1) is 8.53. The predicted octanol–water partition coefficient (Wildman–Crippen LogP) is 3.33. The molecule has 1 aliphatic carbocycles. The molecule has 1 aromatic rings. The number of hydrogen-bond donors (Lipinski definition) is 2. The molecule has 4 N–H and O–H groups in total. The second-order valence-electron chi connectivity index (χ2n) is 6.41. The number of rotatable bonds is 3. The standard InChI is InChI=1S/C16H26N2/c1-16(2)9-7-12(8-10-16)13-5-3-4-6-14(13)15(18)11-17/h3-6,12,15H,7-11,17-18H2,1-2H3. The number of hydrogen-bond acceptors (Lipinski definition) is 2. The Morgan fingerprint density at radius 2 is 1.83 bits per heavy atom. The summed E-state index contributed by atoms with van der Waals surface area (Å²) in [6.07, 6.45) is 5.18. The van der Waals surface area contributed by atoms with Gasteiger partial charge in [0.05, 0.1) is 0 Å². The van der Waals surface area contributed by atoms with E-state index in [9.17, 15) is 0 Å². The van der Waals surface area contributed by atoms with Gasteiger partial charge in [0, 0.05) is 12.6 Å². The minimum atomic E-state index is -0.0175. The maximum absolute atomic E-state index is 6.13. The monoisotopic (exact) mass is 246 g/mol. The molecule has 0 bridgehead atoms. The first-order valence-corrected chi connectivity index (χ1v) is 7.08. The summed E-state index contributed by atoms with van der Waals surface area (Å²) in [5.41, 5.74) is 15.1. The van der Waals surface area contributed by atoms with Crippen molar-refractivity contribution in [2.24, 2.45) is 16.9 Å². The Labute approximate surface area is 111 Å². The molecule has 18 heavy (non-hydrogen) atoms. The lowest BCUT2D eigenvalue weighted by Crippen LogP contribution is -2.25. The quantitative estimate of drug-likeness (QED) is 0.859. The lowest BCUT2D eigenvalue weighted by molar-refractivity contribution is 0.224. The van der Waals surface area contributed by atoms with E-state index in [4.69, 9.17) is 11.5 Å². The summed E-state index contributed by atoms with van der Waals surface area (Å²) in [5.74, 6) is 0.673. The lowest BCUT2D eigenvalue weighted by atomic mass is 9.70. The van der Waals surface area contributed by atoms with Gasteiger partial charge >= 0.3 is 0 Å². The summed E-state index contributed by atoms with van der Waals surface area (Å²) in [7, 11) is 0. The van der Waals surface area contributed by atoms with E-state index in [0.717, 1.165) is 0 Å². The molecule has 1 saturated carbocycles. The molecular weight excluding hydrogens is 220 g/mol. The molecule has 0 radical (unpaired) electrons. The molecule has 0 spiro atoms. The van der Waals surface area contributed by atoms with Crippen LogP contribution in [0.5, 0.6) is 0 Å². The minimum absolute atomic E-state index is 0.0175. The molecule has 2 rings (SSSR count). The van der Waals surface area contributed by atoms with Crippen molar-refractivity contribution < 1.29 is 0 Å². The van der Waals surface area contributed by atoms with Gasteiger partial charge in [0.15, 0.2) is 0 Å². The molecular formula is C16H26N2. The molecule has 1 atom stereocenters. The molecule has 1 aliphatic rings. The SMILES string of the molecule is CC1(C)CCC(c2ccccc2C(N)CN)CC1. The van der Waals surface area contributed by atoms with Gasteiger partial charge in [-0.2, -0.15) is 0 Å². The van der Waals surface area contributed by atoms with Crippen LogP contribution in [0.4, 0.5) is 0 Å². The zero-order chi connectivity index (χ0) is 13.2. The Morgan fingerprint density at radius 1 is 1.22 bits per heavy atom. The molecule has 0 aliphatic heterocycles. The first kappa shape index (κ1) is 13.6. The Hall–Kier alpha value is -0.860. The third kappa shape index (κ3) is 2.93. The molecule has 2 nitrogen and oxygen atoms in total. The van der Waals surface area contributed by atoms with Gasteiger partial charge in [0.1, 0.15) is 0 Å². The van der Waals surface area contributed by atoms with Gasteiger partial charge in [0.2, 0.25) is 0 Å². The van der Waals surface area contributed by atoms with Crippen LogP contribution in [0.15, 0.2) is 24.3 Å². The second kappa shape index (κ2) is 5.41. The Balaban J connectivity index is 2.19. The van der Waals surface area contributed by atoms with Crippen LogP contribution in [0.2, 0.25) is 0 Å². The zero-order valence-corrected chi connectivity index (χ0v) is 11.7. The van der Waals surface area contributed by atoms with Gasteiger partial charge in [-0.3, -0.25) is 0 Å².